The van der Waals surface area contributed by atoms with Crippen LogP contribution in [-0.2, 0) is 44.9 Å². The number of para-hydroxylation sites is 6. The molecule has 0 unspecified atom stereocenters. The van der Waals surface area contributed by atoms with Crippen molar-refractivity contribution in [2.24, 2.45) is 0 Å². The smallest absolute Gasteiger partial charge is 0.338 e. The van der Waals surface area contributed by atoms with Gasteiger partial charge in [-0.1, -0.05) is 126 Å². The Morgan fingerprint density at radius 1 is 0.452 bits per heavy atom. The number of imidazole rings is 1. The van der Waals surface area contributed by atoms with Crippen LogP contribution in [0.3, 0.4) is 0 Å². The molecule has 4 aliphatic heterocycles. The number of fused-ring (bicyclic) bond motifs is 5. The molecule has 0 fully saturated rings. The van der Waals surface area contributed by atoms with Gasteiger partial charge >= 0.3 is 5.97 Å². The van der Waals surface area contributed by atoms with E-state index in [4.69, 9.17) is 5.11 Å². The number of thioether (sulfide) groups is 4. The summed E-state index contributed by atoms with van der Waals surface area (Å²) >= 11 is 5.41. The van der Waals surface area contributed by atoms with E-state index < -0.39 is 5.97 Å². The lowest BCUT2D eigenvalue weighted by molar-refractivity contribution is -0.645. The van der Waals surface area contributed by atoms with Crippen molar-refractivity contribution < 1.29 is 33.8 Å². The van der Waals surface area contributed by atoms with E-state index in [2.05, 4.69) is 43.1 Å². The van der Waals surface area contributed by atoms with E-state index in [1.807, 2.05) is 148 Å². The second kappa shape index (κ2) is 32.3. The molecule has 5 aromatic heterocycles. The van der Waals surface area contributed by atoms with Gasteiger partial charge in [0.2, 0.25) is 23.6 Å². The summed E-state index contributed by atoms with van der Waals surface area (Å²) in [6.45, 7) is 3.04. The number of aromatic carboxylic acids is 1. The molecule has 17 nitrogen and oxygen atoms in total. The van der Waals surface area contributed by atoms with Gasteiger partial charge < -0.3 is 34.9 Å². The van der Waals surface area contributed by atoms with Crippen LogP contribution in [0.5, 0.6) is 0 Å². The molecular weight excluding hydrogens is 1250 g/mol. The van der Waals surface area contributed by atoms with Crippen LogP contribution in [0.1, 0.15) is 58.3 Å². The zero-order chi connectivity index (χ0) is 64.3. The average Bonchev–Trinajstić information content (AvgIpc) is 1.84. The standard InChI is InChI=1S/C23H20N4OS.C17H16N2O3S.C16H16N2O2S.C16H16N2OS/c28-21(27-14-6-8-16-7-1-4-12-20(16)27)15-29-23-17(9-5-13-24-23)22-25-18-10-2-3-11-19(18)26-22;20-15(11-23-16-13(17(21)22)7-3-9-18-16)19-10-4-6-12-5-1-2-8-14(12)19;19-15(12-21-16-9-3-4-11-18(16)20)17-10-5-7-13-6-1-2-8-14(13)17;19-16(12-20-15-9-3-4-10-17-15)18-11-5-7-13-6-1-2-8-14(13)18/h1-5,7,9-13H,6,8,14-15H2,(H,25,26);1-3,5,7-9H,4,6,10-11H2,(H,21,22);1-4,6,8-9,11H,5,7,10,12H2;1-4,6,8-10H,5,7,11-12H2. The fourth-order valence-corrected chi connectivity index (χ4v) is 14.7. The van der Waals surface area contributed by atoms with E-state index in [1.54, 1.807) is 41.6 Å². The van der Waals surface area contributed by atoms with Gasteiger partial charge in [-0.2, -0.15) is 4.73 Å². The van der Waals surface area contributed by atoms with Gasteiger partial charge in [-0.15, -0.1) is 0 Å². The molecule has 0 bridgehead atoms. The molecular formula is C72H68N10O7S4. The lowest BCUT2D eigenvalue weighted by Crippen LogP contribution is -2.37. The topological polar surface area (TPSA) is 213 Å². The molecule has 10 aromatic rings. The van der Waals surface area contributed by atoms with Crippen molar-refractivity contribution in [3.05, 3.63) is 240 Å². The number of benzene rings is 5. The number of pyridine rings is 4. The second-order valence-electron chi connectivity index (χ2n) is 21.9. The Bertz CT molecular complexity index is 4220. The molecule has 472 valence electrons. The molecule has 4 aliphatic rings. The predicted octanol–water partition coefficient (Wildman–Crippen LogP) is 13.1. The van der Waals surface area contributed by atoms with Crippen LogP contribution >= 0.6 is 47.0 Å². The maximum absolute atomic E-state index is 13.0. The number of hydrogen-bond acceptors (Lipinski definition) is 14. The number of rotatable bonds is 14. The Hall–Kier alpha value is -9.28. The molecule has 4 amide bonds. The Kier molecular flexibility index (Phi) is 22.7. The van der Waals surface area contributed by atoms with Crippen LogP contribution < -0.4 is 24.3 Å². The van der Waals surface area contributed by atoms with Crippen LogP contribution in [0.4, 0.5) is 22.7 Å². The molecule has 2 N–H and O–H groups in total. The summed E-state index contributed by atoms with van der Waals surface area (Å²) in [6.07, 6.45) is 14.6. The number of nitrogens with zero attached hydrogens (tertiary/aromatic N) is 9. The lowest BCUT2D eigenvalue weighted by atomic mass is 10.0. The van der Waals surface area contributed by atoms with Crippen molar-refractivity contribution in [1.29, 1.82) is 0 Å². The predicted molar refractivity (Wildman–Crippen MR) is 372 cm³/mol. The Morgan fingerprint density at radius 2 is 0.882 bits per heavy atom. The first-order valence-corrected chi connectivity index (χ1v) is 34.7. The SMILES string of the molecule is O=C(CSc1cccc[n+]1[O-])N1CCCc2ccccc21.O=C(CSc1ccccn1)N1CCCc2ccccc21.O=C(CSc1ncccc1-c1nc2ccccc2[nH]1)N1CCCc2ccccc21.O=C(O)c1cccnc1SCC(=O)N1CCCc2ccccc21. The molecule has 21 heteroatoms. The number of carboxylic acids is 1. The Balaban J connectivity index is 0.000000128. The molecule has 9 heterocycles. The maximum Gasteiger partial charge on any atom is 0.338 e. The van der Waals surface area contributed by atoms with E-state index >= 15 is 0 Å². The summed E-state index contributed by atoms with van der Waals surface area (Å²) in [5, 5.41) is 23.4. The molecule has 14 rings (SSSR count). The van der Waals surface area contributed by atoms with Crippen LogP contribution in [0.2, 0.25) is 0 Å². The third-order valence-electron chi connectivity index (χ3n) is 15.8. The van der Waals surface area contributed by atoms with E-state index in [0.29, 0.717) is 28.1 Å². The van der Waals surface area contributed by atoms with Crippen molar-refractivity contribution in [2.45, 2.75) is 71.5 Å². The van der Waals surface area contributed by atoms with Crippen molar-refractivity contribution in [3.8, 4) is 11.4 Å². The second-order valence-corrected chi connectivity index (χ2v) is 25.8. The third-order valence-corrected chi connectivity index (χ3v) is 19.8. The number of H-pyrrole nitrogens is 1. The molecule has 0 spiro atoms. The van der Waals surface area contributed by atoms with Gasteiger partial charge in [-0.25, -0.2) is 24.7 Å². The normalized spacial score (nSPS) is 13.6. The van der Waals surface area contributed by atoms with E-state index in [9.17, 15) is 29.2 Å². The highest BCUT2D eigenvalue weighted by molar-refractivity contribution is 8.00. The van der Waals surface area contributed by atoms with Gasteiger partial charge in [0, 0.05) is 85.2 Å². The van der Waals surface area contributed by atoms with Gasteiger partial charge in [-0.3, -0.25) is 19.2 Å². The highest BCUT2D eigenvalue weighted by atomic mass is 32.2. The number of amides is 4. The number of aromatic nitrogens is 6. The molecule has 0 atom stereocenters. The van der Waals surface area contributed by atoms with E-state index in [-0.39, 0.29) is 40.7 Å². The van der Waals surface area contributed by atoms with E-state index in [0.717, 1.165) is 131 Å². The number of hydrogen-bond donors (Lipinski definition) is 2. The number of nitrogens with one attached hydrogen (secondary N) is 1. The minimum absolute atomic E-state index is 0.0239. The number of aryl methyl sites for hydroxylation is 4. The monoisotopic (exact) mass is 1310 g/mol. The molecule has 0 aliphatic carbocycles. The largest absolute Gasteiger partial charge is 0.618 e. The number of carbonyl (C=O) groups is 5. The van der Waals surface area contributed by atoms with Gasteiger partial charge in [0.25, 0.3) is 5.03 Å². The molecule has 0 saturated heterocycles. The van der Waals surface area contributed by atoms with Gasteiger partial charge in [0.1, 0.15) is 15.9 Å². The number of anilines is 4. The first-order valence-electron chi connectivity index (χ1n) is 30.8. The summed E-state index contributed by atoms with van der Waals surface area (Å²) in [5.74, 6) is 1.28. The van der Waals surface area contributed by atoms with Crippen molar-refractivity contribution >= 4 is 110 Å². The van der Waals surface area contributed by atoms with Crippen molar-refractivity contribution in [3.63, 3.8) is 0 Å². The fourth-order valence-electron chi connectivity index (χ4n) is 11.4. The van der Waals surface area contributed by atoms with Gasteiger partial charge in [0.05, 0.1) is 44.6 Å². The highest BCUT2D eigenvalue weighted by Gasteiger charge is 2.27. The third kappa shape index (κ3) is 16.9. The molecule has 0 saturated carbocycles. The van der Waals surface area contributed by atoms with Crippen LogP contribution in [-0.4, -0.2) is 109 Å². The van der Waals surface area contributed by atoms with Crippen LogP contribution in [0.25, 0.3) is 22.4 Å². The summed E-state index contributed by atoms with van der Waals surface area (Å²) in [4.78, 5) is 89.9. The molecule has 93 heavy (non-hydrogen) atoms. The fraction of sp³-hybridized carbons (Fsp3) is 0.222. The quantitative estimate of drug-likeness (QED) is 0.0589. The molecule has 0 radical (unpaired) electrons. The van der Waals surface area contributed by atoms with Crippen molar-refractivity contribution in [1.82, 2.24) is 24.9 Å². The van der Waals surface area contributed by atoms with E-state index in [1.165, 1.54) is 87.8 Å². The summed E-state index contributed by atoms with van der Waals surface area (Å²) in [7, 11) is 0. The minimum Gasteiger partial charge on any atom is -0.618 e. The first kappa shape index (κ1) is 65.2. The van der Waals surface area contributed by atoms with Gasteiger partial charge in [-0.05, 0) is 164 Å². The zero-order valence-electron chi connectivity index (χ0n) is 51.0. The molecule has 5 aromatic carbocycles. The van der Waals surface area contributed by atoms with Gasteiger partial charge in [0.15, 0.2) is 6.20 Å². The summed E-state index contributed by atoms with van der Waals surface area (Å²) in [6, 6.07) is 58.2. The maximum atomic E-state index is 13.0. The first-order chi connectivity index (χ1) is 45.6. The highest BCUT2D eigenvalue weighted by Crippen LogP contribution is 2.34. The van der Waals surface area contributed by atoms with Crippen LogP contribution in [0, 0.1) is 5.21 Å². The number of carbonyl (C=O) groups excluding carboxylic acids is 4. The summed E-state index contributed by atoms with van der Waals surface area (Å²) < 4.78 is 0.794. The lowest BCUT2D eigenvalue weighted by Gasteiger charge is -2.29. The summed E-state index contributed by atoms with van der Waals surface area (Å²) in [5.41, 5.74) is 12.0. The van der Waals surface area contributed by atoms with Crippen molar-refractivity contribution in [2.75, 3.05) is 68.8 Å². The number of aromatic amines is 1. The van der Waals surface area contributed by atoms with Crippen LogP contribution in [0.15, 0.2) is 227 Å². The average molecular weight is 1310 g/mol. The zero-order valence-corrected chi connectivity index (χ0v) is 54.3. The number of carboxylic acid groups (broad SMARTS) is 1. The minimum atomic E-state index is -1.03. The Morgan fingerprint density at radius 3 is 1.38 bits per heavy atom. The Labute approximate surface area is 557 Å².